The van der Waals surface area contributed by atoms with E-state index in [1.807, 2.05) is 0 Å². The van der Waals surface area contributed by atoms with Crippen molar-refractivity contribution in [1.82, 2.24) is 9.55 Å². The van der Waals surface area contributed by atoms with Crippen molar-refractivity contribution in [3.8, 4) is 11.4 Å². The summed E-state index contributed by atoms with van der Waals surface area (Å²) in [6.45, 7) is 5.06. The third-order valence-electron chi connectivity index (χ3n) is 4.40. The summed E-state index contributed by atoms with van der Waals surface area (Å²) >= 11 is 0. The minimum absolute atomic E-state index is 0.823. The van der Waals surface area contributed by atoms with Crippen LogP contribution in [0.4, 0.5) is 0 Å². The minimum Gasteiger partial charge on any atom is -0.319 e. The molecule has 0 amide bonds. The first-order valence-electron chi connectivity index (χ1n) is 8.28. The number of rotatable bonds is 3. The van der Waals surface area contributed by atoms with Gasteiger partial charge in [-0.2, -0.15) is 0 Å². The molecule has 0 N–H and O–H groups in total. The van der Waals surface area contributed by atoms with Crippen LogP contribution >= 0.6 is 0 Å². The van der Waals surface area contributed by atoms with Crippen LogP contribution < -0.4 is 0 Å². The van der Waals surface area contributed by atoms with Crippen molar-refractivity contribution in [3.63, 3.8) is 0 Å². The van der Waals surface area contributed by atoms with Crippen LogP contribution in [0.2, 0.25) is 0 Å². The molecule has 1 aromatic heterocycles. The second-order valence-electron chi connectivity index (χ2n) is 6.37. The predicted octanol–water partition coefficient (Wildman–Crippen LogP) is 5.37. The lowest BCUT2D eigenvalue weighted by atomic mass is 10.1. The summed E-state index contributed by atoms with van der Waals surface area (Å²) in [7, 11) is 0. The van der Waals surface area contributed by atoms with Crippen LogP contribution in [0.5, 0.6) is 0 Å². The van der Waals surface area contributed by atoms with Crippen LogP contribution in [0.15, 0.2) is 72.8 Å². The third-order valence-corrected chi connectivity index (χ3v) is 4.40. The van der Waals surface area contributed by atoms with E-state index in [0.29, 0.717) is 0 Å². The summed E-state index contributed by atoms with van der Waals surface area (Å²) in [6.07, 6.45) is 0. The first kappa shape index (κ1) is 14.7. The monoisotopic (exact) mass is 312 g/mol. The summed E-state index contributed by atoms with van der Waals surface area (Å²) in [4.78, 5) is 4.91. The average Bonchev–Trinajstić information content (AvgIpc) is 2.94. The number of hydrogen-bond donors (Lipinski definition) is 0. The first-order valence-corrected chi connectivity index (χ1v) is 8.28. The molecule has 2 nitrogen and oxygen atoms in total. The van der Waals surface area contributed by atoms with Crippen molar-refractivity contribution in [2.75, 3.05) is 0 Å². The molecule has 0 aliphatic carbocycles. The Bertz CT molecular complexity index is 980. The van der Waals surface area contributed by atoms with Gasteiger partial charge in [0.2, 0.25) is 0 Å². The van der Waals surface area contributed by atoms with Crippen molar-refractivity contribution >= 4 is 11.0 Å². The van der Waals surface area contributed by atoms with E-state index in [-0.39, 0.29) is 0 Å². The molecule has 24 heavy (non-hydrogen) atoms. The summed E-state index contributed by atoms with van der Waals surface area (Å²) in [5.41, 5.74) is 7.20. The fourth-order valence-corrected chi connectivity index (χ4v) is 3.08. The Balaban J connectivity index is 1.91. The van der Waals surface area contributed by atoms with Gasteiger partial charge in [-0.05, 0) is 37.1 Å². The summed E-state index contributed by atoms with van der Waals surface area (Å²) in [5, 5.41) is 0. The maximum Gasteiger partial charge on any atom is 0.141 e. The second-order valence-corrected chi connectivity index (χ2v) is 6.37. The zero-order chi connectivity index (χ0) is 16.5. The lowest BCUT2D eigenvalue weighted by Crippen LogP contribution is -2.02. The van der Waals surface area contributed by atoms with Crippen LogP contribution in [0.25, 0.3) is 22.4 Å². The van der Waals surface area contributed by atoms with Gasteiger partial charge in [0.25, 0.3) is 0 Å². The summed E-state index contributed by atoms with van der Waals surface area (Å²) in [6, 6.07) is 25.6. The van der Waals surface area contributed by atoms with Crippen molar-refractivity contribution in [2.45, 2.75) is 20.4 Å². The number of aromatic nitrogens is 2. The molecular weight excluding hydrogens is 292 g/mol. The minimum atomic E-state index is 0.823. The van der Waals surface area contributed by atoms with E-state index in [0.717, 1.165) is 23.4 Å². The normalized spacial score (nSPS) is 11.1. The van der Waals surface area contributed by atoms with Gasteiger partial charge in [0.05, 0.1) is 11.0 Å². The SMILES string of the molecule is Cc1ccc(-c2nc3ccc(C)cc3n2Cc2ccccc2)cc1. The lowest BCUT2D eigenvalue weighted by molar-refractivity contribution is 0.834. The van der Waals surface area contributed by atoms with E-state index in [1.54, 1.807) is 0 Å². The number of aryl methyl sites for hydroxylation is 2. The maximum atomic E-state index is 4.91. The van der Waals surface area contributed by atoms with Crippen molar-refractivity contribution in [1.29, 1.82) is 0 Å². The fourth-order valence-electron chi connectivity index (χ4n) is 3.08. The van der Waals surface area contributed by atoms with Gasteiger partial charge in [-0.15, -0.1) is 0 Å². The Morgan fingerprint density at radius 1 is 0.792 bits per heavy atom. The third kappa shape index (κ3) is 2.71. The summed E-state index contributed by atoms with van der Waals surface area (Å²) < 4.78 is 2.32. The second kappa shape index (κ2) is 5.97. The maximum absolute atomic E-state index is 4.91. The Labute approximate surface area is 142 Å². The predicted molar refractivity (Wildman–Crippen MR) is 100 cm³/mol. The molecule has 4 rings (SSSR count). The molecule has 0 unspecified atom stereocenters. The highest BCUT2D eigenvalue weighted by atomic mass is 15.1. The van der Waals surface area contributed by atoms with E-state index in [4.69, 9.17) is 4.98 Å². The molecule has 4 aromatic rings. The molecule has 0 fully saturated rings. The molecule has 0 spiro atoms. The van der Waals surface area contributed by atoms with E-state index in [9.17, 15) is 0 Å². The fraction of sp³-hybridized carbons (Fsp3) is 0.136. The number of fused-ring (bicyclic) bond motifs is 1. The Morgan fingerprint density at radius 3 is 2.25 bits per heavy atom. The molecular formula is C22H20N2. The average molecular weight is 312 g/mol. The van der Waals surface area contributed by atoms with Gasteiger partial charge in [-0.3, -0.25) is 0 Å². The number of benzene rings is 3. The number of imidazole rings is 1. The molecule has 2 heteroatoms. The van der Waals surface area contributed by atoms with E-state index < -0.39 is 0 Å². The Kier molecular flexibility index (Phi) is 3.66. The van der Waals surface area contributed by atoms with Gasteiger partial charge in [0.1, 0.15) is 5.82 Å². The van der Waals surface area contributed by atoms with Crippen molar-refractivity contribution < 1.29 is 0 Å². The smallest absolute Gasteiger partial charge is 0.141 e. The molecule has 0 aliphatic rings. The lowest BCUT2D eigenvalue weighted by Gasteiger charge is -2.10. The van der Waals surface area contributed by atoms with Crippen LogP contribution in [-0.4, -0.2) is 9.55 Å². The number of hydrogen-bond acceptors (Lipinski definition) is 1. The number of nitrogens with zero attached hydrogens (tertiary/aromatic N) is 2. The highest BCUT2D eigenvalue weighted by Crippen LogP contribution is 2.27. The Hall–Kier alpha value is -2.87. The van der Waals surface area contributed by atoms with Crippen molar-refractivity contribution in [2.24, 2.45) is 0 Å². The molecule has 1 heterocycles. The van der Waals surface area contributed by atoms with Gasteiger partial charge < -0.3 is 4.57 Å². The molecule has 0 aliphatic heterocycles. The molecule has 0 bridgehead atoms. The van der Waals surface area contributed by atoms with Gasteiger partial charge in [-0.25, -0.2) is 4.98 Å². The van der Waals surface area contributed by atoms with Crippen molar-refractivity contribution in [3.05, 3.63) is 89.5 Å². The topological polar surface area (TPSA) is 17.8 Å². The summed E-state index contributed by atoms with van der Waals surface area (Å²) in [5.74, 6) is 1.03. The molecule has 118 valence electrons. The largest absolute Gasteiger partial charge is 0.319 e. The Morgan fingerprint density at radius 2 is 1.50 bits per heavy atom. The van der Waals surface area contributed by atoms with Crippen LogP contribution in [0.1, 0.15) is 16.7 Å². The molecule has 3 aromatic carbocycles. The van der Waals surface area contributed by atoms with Crippen LogP contribution in [-0.2, 0) is 6.54 Å². The van der Waals surface area contributed by atoms with E-state index in [1.165, 1.54) is 22.2 Å². The van der Waals surface area contributed by atoms with Crippen LogP contribution in [0, 0.1) is 13.8 Å². The highest BCUT2D eigenvalue weighted by molar-refractivity contribution is 5.81. The first-order chi connectivity index (χ1) is 11.7. The highest BCUT2D eigenvalue weighted by Gasteiger charge is 2.13. The zero-order valence-corrected chi connectivity index (χ0v) is 14.0. The van der Waals surface area contributed by atoms with E-state index in [2.05, 4.69) is 91.2 Å². The molecule has 0 saturated carbocycles. The van der Waals surface area contributed by atoms with Gasteiger partial charge in [0.15, 0.2) is 0 Å². The molecule has 0 saturated heterocycles. The molecule has 0 atom stereocenters. The van der Waals surface area contributed by atoms with E-state index >= 15 is 0 Å². The van der Waals surface area contributed by atoms with Crippen LogP contribution in [0.3, 0.4) is 0 Å². The quantitative estimate of drug-likeness (QED) is 0.497. The van der Waals surface area contributed by atoms with Gasteiger partial charge in [-0.1, -0.05) is 66.2 Å². The van der Waals surface area contributed by atoms with Gasteiger partial charge >= 0.3 is 0 Å². The standard InChI is InChI=1S/C22H20N2/c1-16-8-11-19(12-9-16)22-23-20-13-10-17(2)14-21(20)24(22)15-18-6-4-3-5-7-18/h3-14H,15H2,1-2H3. The molecule has 0 radical (unpaired) electrons. The zero-order valence-electron chi connectivity index (χ0n) is 14.0. The van der Waals surface area contributed by atoms with Gasteiger partial charge in [0, 0.05) is 12.1 Å².